The van der Waals surface area contributed by atoms with Gasteiger partial charge in [-0.3, -0.25) is 4.79 Å². The minimum absolute atomic E-state index is 0.0140. The zero-order valence-electron chi connectivity index (χ0n) is 8.92. The number of rotatable bonds is 1. The summed E-state index contributed by atoms with van der Waals surface area (Å²) >= 11 is 0. The second-order valence-corrected chi connectivity index (χ2v) is 5.33. The molecule has 0 amide bonds. The Kier molecular flexibility index (Phi) is 1.31. The fourth-order valence-corrected chi connectivity index (χ4v) is 3.92. The molecule has 3 fully saturated rings. The van der Waals surface area contributed by atoms with Gasteiger partial charge >= 0.3 is 0 Å². The maximum absolute atomic E-state index is 12.3. The highest BCUT2D eigenvalue weighted by molar-refractivity contribution is 5.97. The highest BCUT2D eigenvalue weighted by Gasteiger charge is 2.80. The first kappa shape index (κ1) is 8.86. The largest absolute Gasteiger partial charge is 0.347 e. The molecule has 0 unspecified atom stereocenters. The van der Waals surface area contributed by atoms with Crippen LogP contribution in [0.1, 0.15) is 26.7 Å². The molecule has 1 heterocycles. The zero-order chi connectivity index (χ0) is 10.2. The van der Waals surface area contributed by atoms with E-state index in [-0.39, 0.29) is 22.5 Å². The first-order valence-electron chi connectivity index (χ1n) is 5.25. The Hall–Kier alpha value is -0.410. The lowest BCUT2D eigenvalue weighted by Gasteiger charge is -2.39. The molecule has 1 saturated heterocycles. The van der Waals surface area contributed by atoms with Crippen molar-refractivity contribution in [1.29, 1.82) is 0 Å². The summed E-state index contributed by atoms with van der Waals surface area (Å²) in [6.45, 7) is 4.93. The molecule has 0 N–H and O–H groups in total. The SMILES string of the molecule is CO[C@]12OC[C@@]3(C)[C@@H]1CC[C@]3(C)C2=O. The summed E-state index contributed by atoms with van der Waals surface area (Å²) in [5.41, 5.74) is -0.188. The minimum Gasteiger partial charge on any atom is -0.347 e. The number of ketones is 1. The van der Waals surface area contributed by atoms with Crippen molar-refractivity contribution >= 4 is 5.78 Å². The lowest BCUT2D eigenvalue weighted by Crippen LogP contribution is -2.52. The quantitative estimate of drug-likeness (QED) is 0.635. The van der Waals surface area contributed by atoms with Crippen LogP contribution in [-0.4, -0.2) is 25.3 Å². The molecule has 3 aliphatic rings. The number of hydrogen-bond donors (Lipinski definition) is 0. The Bertz CT molecular complexity index is 326. The Morgan fingerprint density at radius 3 is 2.64 bits per heavy atom. The van der Waals surface area contributed by atoms with Gasteiger partial charge in [0.05, 0.1) is 6.61 Å². The second-order valence-electron chi connectivity index (χ2n) is 5.33. The molecule has 0 aromatic heterocycles. The summed E-state index contributed by atoms with van der Waals surface area (Å²) in [5, 5.41) is 0. The van der Waals surface area contributed by atoms with Crippen LogP contribution in [0.5, 0.6) is 0 Å². The molecule has 3 heteroatoms. The van der Waals surface area contributed by atoms with Gasteiger partial charge in [0.2, 0.25) is 5.79 Å². The Morgan fingerprint density at radius 1 is 1.50 bits per heavy atom. The number of hydrogen-bond acceptors (Lipinski definition) is 3. The van der Waals surface area contributed by atoms with Crippen molar-refractivity contribution in [3.63, 3.8) is 0 Å². The van der Waals surface area contributed by atoms with Gasteiger partial charge in [0, 0.05) is 23.9 Å². The van der Waals surface area contributed by atoms with E-state index in [0.29, 0.717) is 6.61 Å². The van der Waals surface area contributed by atoms with Crippen LogP contribution in [0.3, 0.4) is 0 Å². The van der Waals surface area contributed by atoms with Crippen LogP contribution in [0.15, 0.2) is 0 Å². The van der Waals surface area contributed by atoms with E-state index in [2.05, 4.69) is 13.8 Å². The van der Waals surface area contributed by atoms with E-state index in [0.717, 1.165) is 12.8 Å². The molecule has 4 bridgehead atoms. The predicted octanol–water partition coefficient (Wildman–Crippen LogP) is 1.36. The van der Waals surface area contributed by atoms with Crippen LogP contribution < -0.4 is 0 Å². The number of carbonyl (C=O) groups excluding carboxylic acids is 1. The maximum atomic E-state index is 12.3. The van der Waals surface area contributed by atoms with Crippen molar-refractivity contribution in [3.8, 4) is 0 Å². The van der Waals surface area contributed by atoms with E-state index in [9.17, 15) is 4.79 Å². The Balaban J connectivity index is 2.21. The Labute approximate surface area is 83.8 Å². The van der Waals surface area contributed by atoms with Gasteiger partial charge in [-0.15, -0.1) is 0 Å². The second kappa shape index (κ2) is 2.07. The van der Waals surface area contributed by atoms with Crippen molar-refractivity contribution in [2.45, 2.75) is 32.5 Å². The molecule has 0 spiro atoms. The molecule has 14 heavy (non-hydrogen) atoms. The van der Waals surface area contributed by atoms with Crippen LogP contribution in [0, 0.1) is 16.7 Å². The van der Waals surface area contributed by atoms with Gasteiger partial charge in [-0.1, -0.05) is 13.8 Å². The highest BCUT2D eigenvalue weighted by Crippen LogP contribution is 2.72. The highest BCUT2D eigenvalue weighted by atomic mass is 16.7. The van der Waals surface area contributed by atoms with Crippen molar-refractivity contribution in [1.82, 2.24) is 0 Å². The topological polar surface area (TPSA) is 35.5 Å². The molecule has 0 aromatic carbocycles. The summed E-state index contributed by atoms with van der Waals surface area (Å²) in [6.07, 6.45) is 2.06. The van der Waals surface area contributed by atoms with Gasteiger partial charge in [-0.25, -0.2) is 0 Å². The normalized spacial score (nSPS) is 59.9. The molecular weight excluding hydrogens is 180 g/mol. The van der Waals surface area contributed by atoms with E-state index in [4.69, 9.17) is 9.47 Å². The minimum atomic E-state index is -0.887. The first-order chi connectivity index (χ1) is 6.51. The van der Waals surface area contributed by atoms with E-state index < -0.39 is 5.79 Å². The standard InChI is InChI=1S/C11H16O3/c1-9-5-4-7-10(9,2)6-14-11(7,13-3)8(9)12/h7H,4-6H2,1-3H3/t7-,9+,10-,11-/m0/s1. The van der Waals surface area contributed by atoms with Crippen LogP contribution >= 0.6 is 0 Å². The summed E-state index contributed by atoms with van der Waals surface area (Å²) in [4.78, 5) is 12.3. The fourth-order valence-electron chi connectivity index (χ4n) is 3.92. The number of Topliss-reactive ketones (excluding diaryl/α,β-unsaturated/α-hetero) is 1. The smallest absolute Gasteiger partial charge is 0.232 e. The number of carbonyl (C=O) groups is 1. The average Bonchev–Trinajstić information content (AvgIpc) is 2.65. The van der Waals surface area contributed by atoms with Gasteiger partial charge in [0.25, 0.3) is 0 Å². The van der Waals surface area contributed by atoms with Crippen molar-refractivity contribution in [3.05, 3.63) is 0 Å². The molecule has 1 aliphatic heterocycles. The molecule has 3 rings (SSSR count). The van der Waals surface area contributed by atoms with Gasteiger partial charge in [-0.05, 0) is 12.8 Å². The van der Waals surface area contributed by atoms with E-state index >= 15 is 0 Å². The predicted molar refractivity (Wildman–Crippen MR) is 49.6 cm³/mol. The van der Waals surface area contributed by atoms with E-state index in [1.807, 2.05) is 0 Å². The first-order valence-corrected chi connectivity index (χ1v) is 5.25. The van der Waals surface area contributed by atoms with Crippen LogP contribution in [0.25, 0.3) is 0 Å². The molecule has 0 radical (unpaired) electrons. The Morgan fingerprint density at radius 2 is 2.21 bits per heavy atom. The third-order valence-electron chi connectivity index (χ3n) is 5.13. The molecule has 3 nitrogen and oxygen atoms in total. The van der Waals surface area contributed by atoms with Crippen LogP contribution in [0.4, 0.5) is 0 Å². The van der Waals surface area contributed by atoms with E-state index in [1.54, 1.807) is 7.11 Å². The molecule has 4 atom stereocenters. The number of ether oxygens (including phenoxy) is 2. The van der Waals surface area contributed by atoms with Gasteiger partial charge in [-0.2, -0.15) is 0 Å². The van der Waals surface area contributed by atoms with Crippen molar-refractivity contribution in [2.75, 3.05) is 13.7 Å². The van der Waals surface area contributed by atoms with Gasteiger partial charge in [0.1, 0.15) is 0 Å². The van der Waals surface area contributed by atoms with Crippen molar-refractivity contribution in [2.24, 2.45) is 16.7 Å². The molecule has 0 aromatic rings. The number of methoxy groups -OCH3 is 1. The van der Waals surface area contributed by atoms with Gasteiger partial charge in [0.15, 0.2) is 5.78 Å². The third kappa shape index (κ3) is 0.551. The van der Waals surface area contributed by atoms with Crippen LogP contribution in [-0.2, 0) is 14.3 Å². The lowest BCUT2D eigenvalue weighted by atomic mass is 9.69. The molecule has 2 aliphatic carbocycles. The maximum Gasteiger partial charge on any atom is 0.232 e. The third-order valence-corrected chi connectivity index (χ3v) is 5.13. The summed E-state index contributed by atoms with van der Waals surface area (Å²) < 4.78 is 11.0. The average molecular weight is 196 g/mol. The van der Waals surface area contributed by atoms with Gasteiger partial charge < -0.3 is 9.47 Å². The zero-order valence-corrected chi connectivity index (χ0v) is 8.92. The lowest BCUT2D eigenvalue weighted by molar-refractivity contribution is -0.226. The fraction of sp³-hybridized carbons (Fsp3) is 0.909. The van der Waals surface area contributed by atoms with Crippen molar-refractivity contribution < 1.29 is 14.3 Å². The molecular formula is C11H16O3. The summed E-state index contributed by atoms with van der Waals surface area (Å²) in [6, 6.07) is 0. The molecule has 78 valence electrons. The van der Waals surface area contributed by atoms with E-state index in [1.165, 1.54) is 0 Å². The monoisotopic (exact) mass is 196 g/mol. The summed E-state index contributed by atoms with van der Waals surface area (Å²) in [5.74, 6) is -0.433. The van der Waals surface area contributed by atoms with Crippen LogP contribution in [0.2, 0.25) is 0 Å². The molecule has 2 saturated carbocycles. The summed E-state index contributed by atoms with van der Waals surface area (Å²) in [7, 11) is 1.59.